The van der Waals surface area contributed by atoms with Gasteiger partial charge >= 0.3 is 0 Å². The van der Waals surface area contributed by atoms with Crippen LogP contribution in [0.25, 0.3) is 44.7 Å². The summed E-state index contributed by atoms with van der Waals surface area (Å²) in [6.45, 7) is 7.34. The number of aliphatic hydroxyl groups excluding tert-OH is 3. The highest BCUT2D eigenvalue weighted by Gasteiger charge is 2.20. The molecule has 0 amide bonds. The van der Waals surface area contributed by atoms with Crippen molar-refractivity contribution in [1.29, 1.82) is 0 Å². The number of fused-ring (bicyclic) bond motifs is 2. The maximum absolute atomic E-state index is 9.89. The Bertz CT molecular complexity index is 2390. The van der Waals surface area contributed by atoms with Gasteiger partial charge in [-0.15, -0.1) is 0 Å². The number of aliphatic hydroxyl groups is 3. The van der Waals surface area contributed by atoms with Gasteiger partial charge in [0.05, 0.1) is 35.2 Å². The molecule has 0 saturated carbocycles. The number of benzene rings is 3. The van der Waals surface area contributed by atoms with Crippen molar-refractivity contribution >= 4 is 27.2 Å². The second-order valence-electron chi connectivity index (χ2n) is 15.0. The van der Waals surface area contributed by atoms with Gasteiger partial charge in [-0.1, -0.05) is 66.7 Å². The van der Waals surface area contributed by atoms with E-state index >= 15 is 0 Å². The maximum Gasteiger partial charge on any atom is 0.169 e. The summed E-state index contributed by atoms with van der Waals surface area (Å²) in [5, 5.41) is 37.9. The molecule has 288 valence electrons. The van der Waals surface area contributed by atoms with Crippen LogP contribution in [0.3, 0.4) is 0 Å². The number of halogens is 1. The second-order valence-corrected chi connectivity index (χ2v) is 15.8. The molecule has 7 aromatic rings. The molecule has 12 heteroatoms. The highest BCUT2D eigenvalue weighted by atomic mass is 79.9. The SMILES string of the molecule is C[C@@H](O)c1cccc(-c2cnn3cc(-c4ccc(CCN5CCC(O)C5)cc4)cnc23)c1.OC1CCN(CCc2ccc(-c3cnc4c(Br)cnn4c3)cc2)C1. The molecule has 2 saturated heterocycles. The zero-order valence-corrected chi connectivity index (χ0v) is 33.1. The lowest BCUT2D eigenvalue weighted by molar-refractivity contribution is 0.176. The Kier molecular flexibility index (Phi) is 11.6. The molecular formula is C44H47BrN8O3. The Labute approximate surface area is 335 Å². The van der Waals surface area contributed by atoms with Crippen molar-refractivity contribution in [3.63, 3.8) is 0 Å². The van der Waals surface area contributed by atoms with E-state index in [9.17, 15) is 15.3 Å². The first-order valence-corrected chi connectivity index (χ1v) is 20.1. The molecule has 6 heterocycles. The maximum atomic E-state index is 9.89. The number of hydrogen-bond acceptors (Lipinski definition) is 9. The van der Waals surface area contributed by atoms with Gasteiger partial charge in [0, 0.05) is 80.7 Å². The third-order valence-electron chi connectivity index (χ3n) is 10.9. The molecule has 2 unspecified atom stereocenters. The largest absolute Gasteiger partial charge is 0.392 e. The lowest BCUT2D eigenvalue weighted by Crippen LogP contribution is -2.24. The van der Waals surface area contributed by atoms with Gasteiger partial charge in [0.2, 0.25) is 0 Å². The van der Waals surface area contributed by atoms with Crippen LogP contribution < -0.4 is 0 Å². The molecule has 3 atom stereocenters. The molecule has 9 rings (SSSR count). The van der Waals surface area contributed by atoms with Crippen LogP contribution in [0.15, 0.2) is 114 Å². The van der Waals surface area contributed by atoms with Crippen LogP contribution >= 0.6 is 15.9 Å². The Morgan fingerprint density at radius 1 is 0.661 bits per heavy atom. The standard InChI is InChI=1S/C26H28N4O2.C18H19BrN4O/c1-18(31)21-3-2-4-22(13-21)25-15-28-30-16-23(14-27-26(25)30)20-7-5-19(6-8-20)9-11-29-12-10-24(32)17-29;19-17-10-21-23-11-15(9-20-18(17)23)14-3-1-13(2-4-14)5-7-22-8-6-16(24)12-22/h2-8,13-16,18,24,31-32H,9-12,17H2,1H3;1-4,9-11,16,24H,5-8,12H2/t18-,24?;/m1./s1. The van der Waals surface area contributed by atoms with Crippen molar-refractivity contribution in [3.05, 3.63) is 131 Å². The topological polar surface area (TPSA) is 128 Å². The van der Waals surface area contributed by atoms with E-state index < -0.39 is 6.10 Å². The third-order valence-corrected chi connectivity index (χ3v) is 11.4. The van der Waals surface area contributed by atoms with Gasteiger partial charge in [-0.3, -0.25) is 0 Å². The molecule has 2 aliphatic heterocycles. The smallest absolute Gasteiger partial charge is 0.169 e. The molecule has 3 aromatic carbocycles. The summed E-state index contributed by atoms with van der Waals surface area (Å²) in [5.74, 6) is 0. The highest BCUT2D eigenvalue weighted by molar-refractivity contribution is 9.10. The van der Waals surface area contributed by atoms with Crippen molar-refractivity contribution in [1.82, 2.24) is 39.0 Å². The van der Waals surface area contributed by atoms with E-state index in [1.54, 1.807) is 17.6 Å². The van der Waals surface area contributed by atoms with Crippen molar-refractivity contribution in [3.8, 4) is 33.4 Å². The van der Waals surface area contributed by atoms with Crippen LogP contribution in [-0.2, 0) is 12.8 Å². The fraction of sp³-hybridized carbons (Fsp3) is 0.318. The van der Waals surface area contributed by atoms with Gasteiger partial charge in [-0.2, -0.15) is 10.2 Å². The monoisotopic (exact) mass is 814 g/mol. The van der Waals surface area contributed by atoms with Crippen LogP contribution in [0.4, 0.5) is 0 Å². The highest BCUT2D eigenvalue weighted by Crippen LogP contribution is 2.28. The molecule has 3 N–H and O–H groups in total. The number of β-amino-alcohol motifs (C(OH)–C–C–N with tert-alkyl or cyclic N) is 2. The predicted molar refractivity (Wildman–Crippen MR) is 222 cm³/mol. The van der Waals surface area contributed by atoms with E-state index in [2.05, 4.69) is 89.4 Å². The summed E-state index contributed by atoms with van der Waals surface area (Å²) in [6.07, 6.45) is 14.3. The fourth-order valence-corrected chi connectivity index (χ4v) is 7.90. The van der Waals surface area contributed by atoms with Gasteiger partial charge in [0.1, 0.15) is 0 Å². The van der Waals surface area contributed by atoms with E-state index in [0.717, 1.165) is 120 Å². The van der Waals surface area contributed by atoms with Gasteiger partial charge < -0.3 is 25.1 Å². The number of aromatic nitrogens is 6. The first-order valence-electron chi connectivity index (χ1n) is 19.4. The van der Waals surface area contributed by atoms with Gasteiger partial charge in [-0.25, -0.2) is 19.0 Å². The number of likely N-dealkylation sites (tertiary alicyclic amines) is 2. The summed E-state index contributed by atoms with van der Waals surface area (Å²) in [7, 11) is 0. The molecular weight excluding hydrogens is 768 g/mol. The van der Waals surface area contributed by atoms with Crippen molar-refractivity contribution in [2.24, 2.45) is 0 Å². The van der Waals surface area contributed by atoms with Crippen molar-refractivity contribution in [2.45, 2.75) is 50.9 Å². The summed E-state index contributed by atoms with van der Waals surface area (Å²) < 4.78 is 4.50. The number of hydrogen-bond donors (Lipinski definition) is 3. The molecule has 4 aromatic heterocycles. The quantitative estimate of drug-likeness (QED) is 0.142. The van der Waals surface area contributed by atoms with Crippen LogP contribution in [0.5, 0.6) is 0 Å². The minimum absolute atomic E-state index is 0.142. The molecule has 11 nitrogen and oxygen atoms in total. The Hall–Kier alpha value is -4.82. The molecule has 2 aliphatic rings. The lowest BCUT2D eigenvalue weighted by atomic mass is 10.0. The fourth-order valence-electron chi connectivity index (χ4n) is 7.52. The van der Waals surface area contributed by atoms with E-state index in [1.807, 2.05) is 59.8 Å². The van der Waals surface area contributed by atoms with Crippen LogP contribution in [0.1, 0.15) is 42.6 Å². The van der Waals surface area contributed by atoms with Crippen molar-refractivity contribution in [2.75, 3.05) is 39.3 Å². The Balaban J connectivity index is 0.000000164. The first-order chi connectivity index (χ1) is 27.3. The van der Waals surface area contributed by atoms with Gasteiger partial charge in [0.25, 0.3) is 0 Å². The summed E-state index contributed by atoms with van der Waals surface area (Å²) in [4.78, 5) is 13.8. The molecule has 2 fully saturated rings. The van der Waals surface area contributed by atoms with Crippen LogP contribution in [-0.4, -0.2) is 106 Å². The number of nitrogens with zero attached hydrogens (tertiary/aromatic N) is 8. The minimum atomic E-state index is -0.513. The predicted octanol–water partition coefficient (Wildman–Crippen LogP) is 6.49. The van der Waals surface area contributed by atoms with Crippen LogP contribution in [0.2, 0.25) is 0 Å². The normalized spacial score (nSPS) is 18.1. The van der Waals surface area contributed by atoms with E-state index in [4.69, 9.17) is 4.98 Å². The average Bonchev–Trinajstić information content (AvgIpc) is 4.04. The average molecular weight is 816 g/mol. The molecule has 0 radical (unpaired) electrons. The van der Waals surface area contributed by atoms with E-state index in [0.29, 0.717) is 0 Å². The Morgan fingerprint density at radius 3 is 1.73 bits per heavy atom. The second kappa shape index (κ2) is 17.1. The molecule has 56 heavy (non-hydrogen) atoms. The molecule has 0 spiro atoms. The number of rotatable bonds is 10. The first kappa shape index (κ1) is 38.1. The molecule has 0 aliphatic carbocycles. The summed E-state index contributed by atoms with van der Waals surface area (Å²) >= 11 is 3.44. The minimum Gasteiger partial charge on any atom is -0.392 e. The molecule has 0 bridgehead atoms. The zero-order chi connectivity index (χ0) is 38.6. The van der Waals surface area contributed by atoms with Gasteiger partial charge in [-0.05, 0) is 88.0 Å². The van der Waals surface area contributed by atoms with Gasteiger partial charge in [0.15, 0.2) is 11.3 Å². The Morgan fingerprint density at radius 2 is 1.20 bits per heavy atom. The van der Waals surface area contributed by atoms with E-state index in [1.165, 1.54) is 11.1 Å². The van der Waals surface area contributed by atoms with Crippen molar-refractivity contribution < 1.29 is 15.3 Å². The lowest BCUT2D eigenvalue weighted by Gasteiger charge is -2.14. The van der Waals surface area contributed by atoms with Crippen LogP contribution in [0, 0.1) is 0 Å². The van der Waals surface area contributed by atoms with E-state index in [-0.39, 0.29) is 12.2 Å². The zero-order valence-electron chi connectivity index (χ0n) is 31.5. The summed E-state index contributed by atoms with van der Waals surface area (Å²) in [5.41, 5.74) is 11.3. The summed E-state index contributed by atoms with van der Waals surface area (Å²) in [6, 6.07) is 25.1. The third kappa shape index (κ3) is 8.91.